The van der Waals surface area contributed by atoms with Gasteiger partial charge in [0.15, 0.2) is 17.5 Å². The number of hydrogen-bond acceptors (Lipinski definition) is 3. The molecule has 240 valence electrons. The molecule has 0 atom stereocenters. The Morgan fingerprint density at radius 3 is 1.76 bits per heavy atom. The van der Waals surface area contributed by atoms with Crippen LogP contribution >= 0.6 is 0 Å². The molecular formula is C47H37N3. The minimum absolute atomic E-state index is 0.0558. The smallest absolute Gasteiger partial charge is 0.164 e. The van der Waals surface area contributed by atoms with Gasteiger partial charge in [0, 0.05) is 22.1 Å². The number of fused-ring (bicyclic) bond motifs is 5. The van der Waals surface area contributed by atoms with Gasteiger partial charge in [0.1, 0.15) is 0 Å². The second kappa shape index (κ2) is 10.8. The fourth-order valence-corrected chi connectivity index (χ4v) is 11.0. The summed E-state index contributed by atoms with van der Waals surface area (Å²) in [6, 6.07) is 50.5. The molecule has 0 aliphatic heterocycles. The van der Waals surface area contributed by atoms with Crippen molar-refractivity contribution in [2.75, 3.05) is 0 Å². The number of benzene rings is 6. The van der Waals surface area contributed by atoms with Crippen LogP contribution in [0.5, 0.6) is 0 Å². The fraction of sp³-hybridized carbons (Fsp3) is 0.213. The van der Waals surface area contributed by atoms with Crippen molar-refractivity contribution in [3.8, 4) is 56.4 Å². The summed E-state index contributed by atoms with van der Waals surface area (Å²) in [7, 11) is 0. The maximum atomic E-state index is 5.37. The Kier molecular flexibility index (Phi) is 6.14. The zero-order valence-corrected chi connectivity index (χ0v) is 28.0. The standard InChI is InChI=1S/C47H37N3/c1-3-11-31(12-4-1)34-16-9-17-35(28-34)45-48-44(33-14-5-2-6-15-33)49-46(50-45)39-19-10-20-40-43(39)42-38-18-8-7-13-32(38)21-22-41(42)47(40)36-24-29-23-30(26-36)27-37(47)25-29/h1-22,28-30,36-37H,23-27H2. The molecule has 0 N–H and O–H groups in total. The van der Waals surface area contributed by atoms with E-state index >= 15 is 0 Å². The first-order chi connectivity index (χ1) is 24.7. The first kappa shape index (κ1) is 28.4. The monoisotopic (exact) mass is 643 g/mol. The maximum Gasteiger partial charge on any atom is 0.164 e. The Morgan fingerprint density at radius 1 is 0.420 bits per heavy atom. The number of nitrogens with zero attached hydrogens (tertiary/aromatic N) is 3. The fourth-order valence-electron chi connectivity index (χ4n) is 11.0. The highest BCUT2D eigenvalue weighted by molar-refractivity contribution is 6.06. The lowest BCUT2D eigenvalue weighted by atomic mass is 9.43. The molecule has 4 saturated carbocycles. The third-order valence-corrected chi connectivity index (χ3v) is 12.7. The molecule has 3 heteroatoms. The highest BCUT2D eigenvalue weighted by Crippen LogP contribution is 2.70. The average Bonchev–Trinajstić information content (AvgIpc) is 3.48. The van der Waals surface area contributed by atoms with E-state index in [1.807, 2.05) is 6.07 Å². The van der Waals surface area contributed by atoms with E-state index in [0.29, 0.717) is 23.5 Å². The minimum Gasteiger partial charge on any atom is -0.208 e. The molecule has 0 saturated heterocycles. The number of aromatic nitrogens is 3. The van der Waals surface area contributed by atoms with Gasteiger partial charge in [-0.25, -0.2) is 15.0 Å². The lowest BCUT2D eigenvalue weighted by molar-refractivity contribution is -0.0399. The zero-order chi connectivity index (χ0) is 32.8. The van der Waals surface area contributed by atoms with Crippen molar-refractivity contribution in [3.63, 3.8) is 0 Å². The molecular weight excluding hydrogens is 607 g/mol. The molecule has 12 rings (SSSR count). The van der Waals surface area contributed by atoms with Crippen LogP contribution < -0.4 is 0 Å². The number of rotatable bonds is 4. The van der Waals surface area contributed by atoms with Crippen LogP contribution in [0.4, 0.5) is 0 Å². The Morgan fingerprint density at radius 2 is 1.00 bits per heavy atom. The number of hydrogen-bond donors (Lipinski definition) is 0. The van der Waals surface area contributed by atoms with Crippen molar-refractivity contribution < 1.29 is 0 Å². The molecule has 0 radical (unpaired) electrons. The molecule has 5 aliphatic carbocycles. The summed E-state index contributed by atoms with van der Waals surface area (Å²) < 4.78 is 0. The van der Waals surface area contributed by atoms with Crippen LogP contribution in [-0.2, 0) is 5.41 Å². The van der Waals surface area contributed by atoms with Crippen LogP contribution in [0, 0.1) is 23.7 Å². The van der Waals surface area contributed by atoms with Crippen LogP contribution in [0.1, 0.15) is 43.2 Å². The first-order valence-electron chi connectivity index (χ1n) is 18.4. The van der Waals surface area contributed by atoms with Crippen molar-refractivity contribution >= 4 is 10.8 Å². The molecule has 6 aromatic carbocycles. The Balaban J connectivity index is 1.18. The van der Waals surface area contributed by atoms with E-state index in [4.69, 9.17) is 15.0 Å². The topological polar surface area (TPSA) is 38.7 Å². The first-order valence-corrected chi connectivity index (χ1v) is 18.4. The highest BCUT2D eigenvalue weighted by atomic mass is 15.0. The minimum atomic E-state index is 0.0558. The van der Waals surface area contributed by atoms with Gasteiger partial charge in [-0.2, -0.15) is 0 Å². The maximum absolute atomic E-state index is 5.37. The highest BCUT2D eigenvalue weighted by Gasteiger charge is 2.62. The molecule has 1 aromatic heterocycles. The van der Waals surface area contributed by atoms with E-state index in [0.717, 1.165) is 39.9 Å². The normalized spacial score (nSPS) is 24.1. The van der Waals surface area contributed by atoms with Crippen molar-refractivity contribution in [2.24, 2.45) is 23.7 Å². The summed E-state index contributed by atoms with van der Waals surface area (Å²) in [5.41, 5.74) is 11.3. The predicted octanol–water partition coefficient (Wildman–Crippen LogP) is 11.4. The average molecular weight is 644 g/mol. The van der Waals surface area contributed by atoms with Gasteiger partial charge in [-0.15, -0.1) is 0 Å². The zero-order valence-electron chi connectivity index (χ0n) is 28.0. The summed E-state index contributed by atoms with van der Waals surface area (Å²) in [6.45, 7) is 0. The molecule has 0 amide bonds. The van der Waals surface area contributed by atoms with Crippen LogP contribution in [0.25, 0.3) is 67.2 Å². The molecule has 50 heavy (non-hydrogen) atoms. The van der Waals surface area contributed by atoms with Gasteiger partial charge in [-0.3, -0.25) is 0 Å². The SMILES string of the molecule is c1ccc(-c2cccc(-c3nc(-c4ccccc4)nc(-c4cccc5c4-c4c(ccc6ccccc46)C54C5CC6CC(C5)CC4C6)n3)c2)cc1. The second-order valence-electron chi connectivity index (χ2n) is 15.2. The summed E-state index contributed by atoms with van der Waals surface area (Å²) in [6.07, 6.45) is 6.87. The molecule has 4 bridgehead atoms. The van der Waals surface area contributed by atoms with Crippen molar-refractivity contribution in [2.45, 2.75) is 37.5 Å². The summed E-state index contributed by atoms with van der Waals surface area (Å²) in [5.74, 6) is 5.30. The van der Waals surface area contributed by atoms with E-state index in [-0.39, 0.29) is 5.41 Å². The van der Waals surface area contributed by atoms with Gasteiger partial charge in [0.05, 0.1) is 0 Å². The predicted molar refractivity (Wildman–Crippen MR) is 202 cm³/mol. The van der Waals surface area contributed by atoms with Crippen molar-refractivity contribution in [1.29, 1.82) is 0 Å². The molecule has 1 spiro atoms. The summed E-state index contributed by atoms with van der Waals surface area (Å²) in [5, 5.41) is 2.64. The third kappa shape index (κ3) is 4.07. The van der Waals surface area contributed by atoms with Crippen molar-refractivity contribution in [1.82, 2.24) is 15.0 Å². The van der Waals surface area contributed by atoms with Crippen LogP contribution in [0.3, 0.4) is 0 Å². The van der Waals surface area contributed by atoms with Crippen LogP contribution in [0.15, 0.2) is 140 Å². The molecule has 4 fully saturated rings. The van der Waals surface area contributed by atoms with E-state index < -0.39 is 0 Å². The second-order valence-corrected chi connectivity index (χ2v) is 15.2. The summed E-state index contributed by atoms with van der Waals surface area (Å²) in [4.78, 5) is 15.8. The van der Waals surface area contributed by atoms with Crippen molar-refractivity contribution in [3.05, 3.63) is 151 Å². The lowest BCUT2D eigenvalue weighted by Crippen LogP contribution is -2.55. The van der Waals surface area contributed by atoms with Gasteiger partial charge in [-0.05, 0) is 106 Å². The van der Waals surface area contributed by atoms with Gasteiger partial charge in [0.2, 0.25) is 0 Å². The summed E-state index contributed by atoms with van der Waals surface area (Å²) >= 11 is 0. The molecule has 5 aliphatic rings. The van der Waals surface area contributed by atoms with E-state index in [2.05, 4.69) is 133 Å². The Bertz CT molecular complexity index is 2420. The molecule has 7 aromatic rings. The van der Waals surface area contributed by atoms with Crippen LogP contribution in [0.2, 0.25) is 0 Å². The van der Waals surface area contributed by atoms with Crippen LogP contribution in [-0.4, -0.2) is 15.0 Å². The molecule has 3 nitrogen and oxygen atoms in total. The van der Waals surface area contributed by atoms with Gasteiger partial charge < -0.3 is 0 Å². The lowest BCUT2D eigenvalue weighted by Gasteiger charge is -2.61. The Labute approximate surface area is 293 Å². The third-order valence-electron chi connectivity index (χ3n) is 12.7. The molecule has 1 heterocycles. The van der Waals surface area contributed by atoms with E-state index in [1.165, 1.54) is 65.1 Å². The Hall–Kier alpha value is -5.41. The molecule has 0 unspecified atom stereocenters. The van der Waals surface area contributed by atoms with Gasteiger partial charge >= 0.3 is 0 Å². The largest absolute Gasteiger partial charge is 0.208 e. The van der Waals surface area contributed by atoms with E-state index in [1.54, 1.807) is 5.56 Å². The van der Waals surface area contributed by atoms with E-state index in [9.17, 15) is 0 Å². The van der Waals surface area contributed by atoms with Gasteiger partial charge in [0.25, 0.3) is 0 Å². The quantitative estimate of drug-likeness (QED) is 0.192. The van der Waals surface area contributed by atoms with Gasteiger partial charge in [-0.1, -0.05) is 133 Å².